The largest absolute Gasteiger partial charge is 0.0802 e. The Bertz CT molecular complexity index is 729. The number of fused-ring (bicyclic) bond motifs is 4. The number of hydrogen-bond acceptors (Lipinski definition) is 0. The highest BCUT2D eigenvalue weighted by atomic mass is 14.6. The van der Waals surface area contributed by atoms with Gasteiger partial charge in [-0.1, -0.05) is 84.8 Å². The van der Waals surface area contributed by atoms with E-state index in [1.807, 2.05) is 16.7 Å². The van der Waals surface area contributed by atoms with Crippen molar-refractivity contribution in [2.24, 2.45) is 39.9 Å². The maximum Gasteiger partial charge on any atom is -0.00389 e. The Morgan fingerprint density at radius 2 is 1.63 bits per heavy atom. The summed E-state index contributed by atoms with van der Waals surface area (Å²) in [6.45, 7) is 13.1. The van der Waals surface area contributed by atoms with Crippen LogP contribution in [-0.2, 0) is 0 Å². The third-order valence-electron chi connectivity index (χ3n) is 11.3. The number of rotatable bonds is 3. The van der Waals surface area contributed by atoms with Gasteiger partial charge in [-0.2, -0.15) is 0 Å². The van der Waals surface area contributed by atoms with Crippen molar-refractivity contribution in [3.8, 4) is 0 Å². The minimum absolute atomic E-state index is 0.473. The van der Waals surface area contributed by atoms with Gasteiger partial charge in [-0.25, -0.2) is 0 Å². The van der Waals surface area contributed by atoms with Crippen LogP contribution in [0.3, 0.4) is 0 Å². The van der Waals surface area contributed by atoms with E-state index in [0.29, 0.717) is 16.2 Å². The molecule has 5 rings (SSSR count). The van der Waals surface area contributed by atoms with Crippen LogP contribution in [0.25, 0.3) is 0 Å². The number of allylic oxidation sites excluding steroid dienone is 4. The molecule has 0 amide bonds. The first-order chi connectivity index (χ1) is 14.3. The van der Waals surface area contributed by atoms with Crippen LogP contribution in [0.4, 0.5) is 0 Å². The fourth-order valence-corrected chi connectivity index (χ4v) is 9.79. The lowest BCUT2D eigenvalue weighted by atomic mass is 9.47. The fraction of sp³-hybridized carbons (Fsp3) is 0.867. The van der Waals surface area contributed by atoms with Gasteiger partial charge in [-0.05, 0) is 102 Å². The maximum atomic E-state index is 2.74. The SMILES string of the molecule is C[C@H](CC1CCCCC1)[C@H]1CC=C2C3=C(CC[C@@]21C)[C@@]1(C)CCCC(C)(C)[C@@H]1CC3. The van der Waals surface area contributed by atoms with Gasteiger partial charge in [0.2, 0.25) is 0 Å². The van der Waals surface area contributed by atoms with Crippen LogP contribution in [0.15, 0.2) is 22.8 Å². The molecule has 0 aromatic heterocycles. The molecule has 5 aliphatic rings. The third-order valence-corrected chi connectivity index (χ3v) is 11.3. The van der Waals surface area contributed by atoms with Crippen molar-refractivity contribution in [3.05, 3.63) is 22.8 Å². The lowest BCUT2D eigenvalue weighted by Crippen LogP contribution is -2.47. The Morgan fingerprint density at radius 3 is 2.40 bits per heavy atom. The molecule has 0 saturated heterocycles. The third kappa shape index (κ3) is 3.21. The van der Waals surface area contributed by atoms with Gasteiger partial charge in [0.05, 0.1) is 0 Å². The summed E-state index contributed by atoms with van der Waals surface area (Å²) in [7, 11) is 0. The molecule has 30 heavy (non-hydrogen) atoms. The van der Waals surface area contributed by atoms with Crippen molar-refractivity contribution < 1.29 is 0 Å². The van der Waals surface area contributed by atoms with E-state index in [-0.39, 0.29) is 0 Å². The normalized spacial score (nSPS) is 42.2. The van der Waals surface area contributed by atoms with Crippen LogP contribution in [0.5, 0.6) is 0 Å². The average molecular weight is 409 g/mol. The van der Waals surface area contributed by atoms with Crippen molar-refractivity contribution in [1.82, 2.24) is 0 Å². The van der Waals surface area contributed by atoms with Crippen LogP contribution < -0.4 is 0 Å². The Kier molecular flexibility index (Phi) is 5.35. The van der Waals surface area contributed by atoms with E-state index >= 15 is 0 Å². The highest BCUT2D eigenvalue weighted by Crippen LogP contribution is 2.66. The lowest BCUT2D eigenvalue weighted by molar-refractivity contribution is 0.00576. The molecule has 2 saturated carbocycles. The van der Waals surface area contributed by atoms with Crippen molar-refractivity contribution in [1.29, 1.82) is 0 Å². The lowest BCUT2D eigenvalue weighted by Gasteiger charge is -2.58. The summed E-state index contributed by atoms with van der Waals surface area (Å²) in [4.78, 5) is 0. The molecular formula is C30H48. The average Bonchev–Trinajstić information content (AvgIpc) is 3.05. The Balaban J connectivity index is 1.39. The van der Waals surface area contributed by atoms with Gasteiger partial charge < -0.3 is 0 Å². The van der Waals surface area contributed by atoms with Gasteiger partial charge in [0, 0.05) is 0 Å². The molecular weight excluding hydrogens is 360 g/mol. The van der Waals surface area contributed by atoms with E-state index in [0.717, 1.165) is 23.7 Å². The second-order valence-electron chi connectivity index (χ2n) is 13.4. The summed E-state index contributed by atoms with van der Waals surface area (Å²) >= 11 is 0. The van der Waals surface area contributed by atoms with E-state index < -0.39 is 0 Å². The summed E-state index contributed by atoms with van der Waals surface area (Å²) < 4.78 is 0. The molecule has 0 N–H and O–H groups in total. The van der Waals surface area contributed by atoms with E-state index in [1.165, 1.54) is 89.9 Å². The number of hydrogen-bond donors (Lipinski definition) is 0. The smallest absolute Gasteiger partial charge is 0.00389 e. The maximum absolute atomic E-state index is 2.74. The molecule has 0 aromatic rings. The van der Waals surface area contributed by atoms with Crippen LogP contribution in [-0.4, -0.2) is 0 Å². The first kappa shape index (κ1) is 21.3. The molecule has 168 valence electrons. The van der Waals surface area contributed by atoms with E-state index in [9.17, 15) is 0 Å². The molecule has 0 radical (unpaired) electrons. The van der Waals surface area contributed by atoms with E-state index in [4.69, 9.17) is 0 Å². The van der Waals surface area contributed by atoms with E-state index in [1.54, 1.807) is 0 Å². The van der Waals surface area contributed by atoms with Gasteiger partial charge in [0.15, 0.2) is 0 Å². The molecule has 0 aliphatic heterocycles. The molecule has 5 atom stereocenters. The van der Waals surface area contributed by atoms with Crippen LogP contribution in [0, 0.1) is 39.9 Å². The van der Waals surface area contributed by atoms with Crippen LogP contribution in [0.1, 0.15) is 125 Å². The van der Waals surface area contributed by atoms with E-state index in [2.05, 4.69) is 40.7 Å². The zero-order valence-corrected chi connectivity index (χ0v) is 20.8. The zero-order valence-electron chi connectivity index (χ0n) is 20.8. The van der Waals surface area contributed by atoms with Gasteiger partial charge in [0.1, 0.15) is 0 Å². The molecule has 0 heterocycles. The summed E-state index contributed by atoms with van der Waals surface area (Å²) in [5.41, 5.74) is 7.13. The highest BCUT2D eigenvalue weighted by Gasteiger charge is 2.55. The van der Waals surface area contributed by atoms with Crippen molar-refractivity contribution >= 4 is 0 Å². The summed E-state index contributed by atoms with van der Waals surface area (Å²) in [5, 5.41) is 0. The topological polar surface area (TPSA) is 0 Å². The second-order valence-corrected chi connectivity index (χ2v) is 13.4. The standard InChI is InChI=1S/C30H48/c1-21(20-22-10-7-6-8-11-22)24-13-14-25-23-12-15-27-28(2,3)17-9-18-30(27,5)26(23)16-19-29(24,25)4/h14,21-22,24,27H,6-13,15-20H2,1-5H3/t21-,24-,27+,29-,30-/m1/s1. The highest BCUT2D eigenvalue weighted by molar-refractivity contribution is 5.49. The van der Waals surface area contributed by atoms with Crippen LogP contribution >= 0.6 is 0 Å². The second kappa shape index (κ2) is 7.52. The molecule has 0 spiro atoms. The summed E-state index contributed by atoms with van der Waals surface area (Å²) in [6.07, 6.45) is 23.1. The molecule has 0 aromatic carbocycles. The minimum Gasteiger partial charge on any atom is -0.0802 e. The fourth-order valence-electron chi connectivity index (χ4n) is 9.79. The van der Waals surface area contributed by atoms with Gasteiger partial charge in [0.25, 0.3) is 0 Å². The van der Waals surface area contributed by atoms with Crippen molar-refractivity contribution in [2.45, 2.75) is 125 Å². The summed E-state index contributed by atoms with van der Waals surface area (Å²) in [5.74, 6) is 3.73. The first-order valence-electron chi connectivity index (χ1n) is 13.7. The molecule has 0 heteroatoms. The van der Waals surface area contributed by atoms with Gasteiger partial charge >= 0.3 is 0 Å². The van der Waals surface area contributed by atoms with Crippen molar-refractivity contribution in [3.63, 3.8) is 0 Å². The molecule has 0 unspecified atom stereocenters. The van der Waals surface area contributed by atoms with Gasteiger partial charge in [-0.15, -0.1) is 0 Å². The zero-order chi connectivity index (χ0) is 21.1. The summed E-state index contributed by atoms with van der Waals surface area (Å²) in [6, 6.07) is 0. The molecule has 0 bridgehead atoms. The Hall–Kier alpha value is -0.520. The Labute approximate surface area is 187 Å². The van der Waals surface area contributed by atoms with Crippen molar-refractivity contribution in [2.75, 3.05) is 0 Å². The predicted octanol–water partition coefficient (Wildman–Crippen LogP) is 9.26. The monoisotopic (exact) mass is 408 g/mol. The first-order valence-corrected chi connectivity index (χ1v) is 13.7. The van der Waals surface area contributed by atoms with Crippen LogP contribution in [0.2, 0.25) is 0 Å². The quantitative estimate of drug-likeness (QED) is 0.436. The predicted molar refractivity (Wildman–Crippen MR) is 129 cm³/mol. The Morgan fingerprint density at radius 1 is 0.867 bits per heavy atom. The molecule has 5 aliphatic carbocycles. The molecule has 2 fully saturated rings. The van der Waals surface area contributed by atoms with Gasteiger partial charge in [-0.3, -0.25) is 0 Å². The molecule has 0 nitrogen and oxygen atoms in total. The minimum atomic E-state index is 0.473.